The van der Waals surface area contributed by atoms with Gasteiger partial charge in [-0.1, -0.05) is 62.4 Å². The minimum atomic E-state index is -1.43. The molecule has 0 N–H and O–H groups in total. The third kappa shape index (κ3) is 3.31. The molecule has 0 aliphatic carbocycles. The molecule has 2 aromatic heterocycles. The summed E-state index contributed by atoms with van der Waals surface area (Å²) in [6, 6.07) is 26.2. The van der Waals surface area contributed by atoms with Crippen molar-refractivity contribution in [2.45, 2.75) is 20.2 Å². The van der Waals surface area contributed by atoms with E-state index in [9.17, 15) is 0 Å². The van der Waals surface area contributed by atoms with E-state index >= 15 is 0 Å². The van der Waals surface area contributed by atoms with Crippen LogP contribution in [0.5, 0.6) is 0 Å². The molecule has 2 heterocycles. The van der Waals surface area contributed by atoms with Crippen LogP contribution in [0.15, 0.2) is 89.5 Å². The molecule has 5 aromatic rings. The number of para-hydroxylation sites is 1. The van der Waals surface area contributed by atoms with Gasteiger partial charge in [0.1, 0.15) is 11.2 Å². The zero-order valence-corrected chi connectivity index (χ0v) is 16.5. The first-order chi connectivity index (χ1) is 14.9. The Bertz CT molecular complexity index is 1390. The van der Waals surface area contributed by atoms with Gasteiger partial charge in [0.25, 0.3) is 0 Å². The first-order valence-corrected chi connectivity index (χ1v) is 9.93. The van der Waals surface area contributed by atoms with E-state index in [2.05, 4.69) is 41.4 Å². The molecule has 0 amide bonds. The van der Waals surface area contributed by atoms with Crippen LogP contribution in [-0.4, -0.2) is 4.98 Å². The number of pyridine rings is 1. The minimum absolute atomic E-state index is 0.138. The van der Waals surface area contributed by atoms with Gasteiger partial charge in [-0.2, -0.15) is 0 Å². The quantitative estimate of drug-likeness (QED) is 0.323. The van der Waals surface area contributed by atoms with E-state index in [1.54, 1.807) is 12.3 Å². The van der Waals surface area contributed by atoms with Crippen molar-refractivity contribution in [2.24, 2.45) is 5.92 Å². The predicted molar refractivity (Wildman–Crippen MR) is 121 cm³/mol. The molecule has 0 saturated carbocycles. The smallest absolute Gasteiger partial charge is 0.144 e. The molecule has 0 fully saturated rings. The summed E-state index contributed by atoms with van der Waals surface area (Å²) >= 11 is 0. The molecule has 0 aliphatic heterocycles. The van der Waals surface area contributed by atoms with Gasteiger partial charge in [0.2, 0.25) is 0 Å². The molecule has 3 aromatic carbocycles. The summed E-state index contributed by atoms with van der Waals surface area (Å²) in [7, 11) is 0. The summed E-state index contributed by atoms with van der Waals surface area (Å²) in [6.07, 6.45) is 0.254. The largest absolute Gasteiger partial charge is 0.455 e. The highest BCUT2D eigenvalue weighted by Crippen LogP contribution is 2.37. The molecule has 0 atom stereocenters. The molecule has 0 radical (unpaired) electrons. The highest BCUT2D eigenvalue weighted by atomic mass is 16.3. The third-order valence-electron chi connectivity index (χ3n) is 5.10. The van der Waals surface area contributed by atoms with Crippen LogP contribution in [0.4, 0.5) is 0 Å². The van der Waals surface area contributed by atoms with Gasteiger partial charge in [-0.15, -0.1) is 0 Å². The first-order valence-electron chi connectivity index (χ1n) is 10.9. The lowest BCUT2D eigenvalue weighted by Crippen LogP contribution is -1.95. The monoisotopic (exact) mass is 379 g/mol. The molecule has 2 heteroatoms. The maximum absolute atomic E-state index is 8.45. The van der Waals surface area contributed by atoms with Crippen LogP contribution in [0.3, 0.4) is 0 Å². The van der Waals surface area contributed by atoms with Crippen molar-refractivity contribution in [3.63, 3.8) is 0 Å². The highest BCUT2D eigenvalue weighted by molar-refractivity contribution is 6.10. The van der Waals surface area contributed by atoms with E-state index in [4.69, 9.17) is 7.16 Å². The van der Waals surface area contributed by atoms with E-state index in [1.807, 2.05) is 50.2 Å². The summed E-state index contributed by atoms with van der Waals surface area (Å²) in [5.41, 5.74) is 6.09. The molecule has 5 rings (SSSR count). The van der Waals surface area contributed by atoms with Crippen molar-refractivity contribution < 1.29 is 7.16 Å². The minimum Gasteiger partial charge on any atom is -0.455 e. The second-order valence-electron chi connectivity index (χ2n) is 7.59. The lowest BCUT2D eigenvalue weighted by Gasteiger charge is -2.07. The van der Waals surface area contributed by atoms with Gasteiger partial charge in [-0.25, -0.2) is 0 Å². The van der Waals surface area contributed by atoms with Crippen LogP contribution < -0.4 is 0 Å². The van der Waals surface area contributed by atoms with Crippen molar-refractivity contribution in [2.75, 3.05) is 0 Å². The van der Waals surface area contributed by atoms with Gasteiger partial charge in [0, 0.05) is 25.3 Å². The standard InChI is InChI=1S/C27H23NO/c1-18(2)15-19-13-14-28-25(16-19)24-10-6-9-23-22-12-11-21(17-26(22)29-27(23)24)20-7-4-3-5-8-20/h3-14,16-18H,15H2,1-2H3/i15D2. The maximum Gasteiger partial charge on any atom is 0.144 e. The number of hydrogen-bond donors (Lipinski definition) is 0. The molecule has 0 unspecified atom stereocenters. The van der Waals surface area contributed by atoms with Crippen LogP contribution >= 0.6 is 0 Å². The van der Waals surface area contributed by atoms with Crippen molar-refractivity contribution in [3.8, 4) is 22.4 Å². The fraction of sp³-hybridized carbons (Fsp3) is 0.148. The van der Waals surface area contributed by atoms with Crippen molar-refractivity contribution in [3.05, 3.63) is 90.6 Å². The Morgan fingerprint density at radius 1 is 0.862 bits per heavy atom. The molecule has 29 heavy (non-hydrogen) atoms. The Hall–Kier alpha value is -3.39. The van der Waals surface area contributed by atoms with Crippen LogP contribution in [0, 0.1) is 5.92 Å². The number of furan rings is 1. The van der Waals surface area contributed by atoms with Crippen molar-refractivity contribution in [1.82, 2.24) is 4.98 Å². The van der Waals surface area contributed by atoms with Gasteiger partial charge in [0.15, 0.2) is 0 Å². The molecular formula is C27H23NO. The number of aromatic nitrogens is 1. The van der Waals surface area contributed by atoms with Crippen LogP contribution in [0.25, 0.3) is 44.3 Å². The molecule has 2 nitrogen and oxygen atoms in total. The lowest BCUT2D eigenvalue weighted by atomic mass is 10.00. The Labute approximate surface area is 173 Å². The SMILES string of the molecule is [2H]C([2H])(c1ccnc(-c2cccc3c2oc2cc(-c4ccccc4)ccc23)c1)C(C)C. The Morgan fingerprint density at radius 2 is 1.72 bits per heavy atom. The van der Waals surface area contributed by atoms with Gasteiger partial charge in [-0.05, 0) is 59.3 Å². The van der Waals surface area contributed by atoms with E-state index in [0.717, 1.165) is 44.3 Å². The van der Waals surface area contributed by atoms with E-state index < -0.39 is 6.37 Å². The molecular weight excluding hydrogens is 354 g/mol. The Balaban J connectivity index is 1.67. The molecule has 0 aliphatic rings. The lowest BCUT2D eigenvalue weighted by molar-refractivity contribution is 0.647. The number of benzene rings is 3. The van der Waals surface area contributed by atoms with Gasteiger partial charge < -0.3 is 4.42 Å². The number of rotatable bonds is 4. The number of fused-ring (bicyclic) bond motifs is 3. The summed E-state index contributed by atoms with van der Waals surface area (Å²) in [6.45, 7) is 3.79. The fourth-order valence-electron chi connectivity index (χ4n) is 3.81. The average molecular weight is 379 g/mol. The summed E-state index contributed by atoms with van der Waals surface area (Å²) in [5.74, 6) is -0.138. The Kier molecular flexibility index (Phi) is 3.86. The molecule has 0 spiro atoms. The van der Waals surface area contributed by atoms with E-state index in [-0.39, 0.29) is 5.92 Å². The third-order valence-corrected chi connectivity index (χ3v) is 5.10. The highest BCUT2D eigenvalue weighted by Gasteiger charge is 2.14. The van der Waals surface area contributed by atoms with Gasteiger partial charge in [-0.3, -0.25) is 4.98 Å². The average Bonchev–Trinajstić information content (AvgIpc) is 3.17. The van der Waals surface area contributed by atoms with Crippen molar-refractivity contribution >= 4 is 21.9 Å². The van der Waals surface area contributed by atoms with Crippen LogP contribution in [-0.2, 0) is 6.37 Å². The normalized spacial score (nSPS) is 13.1. The van der Waals surface area contributed by atoms with Gasteiger partial charge in [0.05, 0.1) is 5.69 Å². The van der Waals surface area contributed by atoms with Crippen LogP contribution in [0.1, 0.15) is 22.2 Å². The van der Waals surface area contributed by atoms with Crippen LogP contribution in [0.2, 0.25) is 0 Å². The summed E-state index contributed by atoms with van der Waals surface area (Å²) < 4.78 is 23.2. The summed E-state index contributed by atoms with van der Waals surface area (Å²) in [5, 5.41) is 2.09. The second-order valence-corrected chi connectivity index (χ2v) is 7.59. The number of nitrogens with zero attached hydrogens (tertiary/aromatic N) is 1. The second kappa shape index (κ2) is 7.21. The fourth-order valence-corrected chi connectivity index (χ4v) is 3.81. The Morgan fingerprint density at radius 3 is 2.55 bits per heavy atom. The zero-order chi connectivity index (χ0) is 21.6. The maximum atomic E-state index is 8.45. The first kappa shape index (κ1) is 15.5. The van der Waals surface area contributed by atoms with Crippen molar-refractivity contribution in [1.29, 1.82) is 0 Å². The predicted octanol–water partition coefficient (Wildman–Crippen LogP) is 7.51. The molecule has 0 saturated heterocycles. The zero-order valence-electron chi connectivity index (χ0n) is 18.5. The number of hydrogen-bond acceptors (Lipinski definition) is 2. The topological polar surface area (TPSA) is 26.0 Å². The van der Waals surface area contributed by atoms with E-state index in [1.165, 1.54) is 0 Å². The van der Waals surface area contributed by atoms with E-state index in [0.29, 0.717) is 5.56 Å². The summed E-state index contributed by atoms with van der Waals surface area (Å²) in [4.78, 5) is 4.54. The van der Waals surface area contributed by atoms with Gasteiger partial charge >= 0.3 is 0 Å². The molecule has 0 bridgehead atoms. The molecule has 142 valence electrons.